The van der Waals surface area contributed by atoms with Crippen LogP contribution in [-0.2, 0) is 14.4 Å². The van der Waals surface area contributed by atoms with Gasteiger partial charge in [0.05, 0.1) is 35.0 Å². The topological polar surface area (TPSA) is 129 Å². The van der Waals surface area contributed by atoms with Crippen molar-refractivity contribution in [2.24, 2.45) is 5.92 Å². The zero-order chi connectivity index (χ0) is 30.2. The molecule has 2 heterocycles. The highest BCUT2D eigenvalue weighted by Gasteiger charge is 2.60. The van der Waals surface area contributed by atoms with Gasteiger partial charge in [0, 0.05) is 16.6 Å². The van der Waals surface area contributed by atoms with Crippen molar-refractivity contribution in [1.82, 2.24) is 0 Å². The molecule has 4 aromatic rings. The number of hydroxylamine groups is 1. The summed E-state index contributed by atoms with van der Waals surface area (Å²) in [5.74, 6) is -2.30. The average Bonchev–Trinajstić information content (AvgIpc) is 3.53. The van der Waals surface area contributed by atoms with Crippen molar-refractivity contribution < 1.29 is 33.6 Å². The summed E-state index contributed by atoms with van der Waals surface area (Å²) >= 11 is 3.36. The lowest BCUT2D eigenvalue weighted by molar-refractivity contribution is -0.384. The summed E-state index contributed by atoms with van der Waals surface area (Å²) < 4.78 is 11.9. The highest BCUT2D eigenvalue weighted by Crippen LogP contribution is 2.49. The van der Waals surface area contributed by atoms with E-state index in [2.05, 4.69) is 15.9 Å². The van der Waals surface area contributed by atoms with Crippen LogP contribution in [0, 0.1) is 16.0 Å². The van der Waals surface area contributed by atoms with Crippen LogP contribution in [0.3, 0.4) is 0 Å². The van der Waals surface area contributed by atoms with E-state index in [4.69, 9.17) is 14.3 Å². The van der Waals surface area contributed by atoms with Crippen LogP contribution in [0.25, 0.3) is 0 Å². The Morgan fingerprint density at radius 3 is 2.33 bits per heavy atom. The standard InChI is InChI=1S/C31H22BrN3O8/c1-41-25-16-19(10-15-24(25)42-31(38)18-6-3-2-4-7-18)27-26-28(43-34(27)22-8-5-9-23(17-22)35(39)40)30(37)33(29(26)36)21-13-11-20(32)12-14-21/h2-17,26-28H,1H3/t26-,27-,28-/m1/s1. The highest BCUT2D eigenvalue weighted by atomic mass is 79.9. The van der Waals surface area contributed by atoms with Gasteiger partial charge in [-0.1, -0.05) is 46.3 Å². The fourth-order valence-electron chi connectivity index (χ4n) is 5.25. The molecule has 2 aliphatic heterocycles. The molecule has 4 aromatic carbocycles. The van der Waals surface area contributed by atoms with Gasteiger partial charge in [-0.2, -0.15) is 0 Å². The number of halogens is 1. The molecule has 2 amide bonds. The number of hydrogen-bond donors (Lipinski definition) is 0. The Hall–Kier alpha value is -5.07. The summed E-state index contributed by atoms with van der Waals surface area (Å²) in [6.07, 6.45) is -1.19. The van der Waals surface area contributed by atoms with Crippen LogP contribution >= 0.6 is 15.9 Å². The van der Waals surface area contributed by atoms with Crippen LogP contribution in [0.15, 0.2) is 102 Å². The first kappa shape index (κ1) is 28.1. The third-order valence-electron chi connectivity index (χ3n) is 7.24. The quantitative estimate of drug-likeness (QED) is 0.0826. The molecule has 216 valence electrons. The normalized spacial score (nSPS) is 19.3. The monoisotopic (exact) mass is 643 g/mol. The number of benzene rings is 4. The number of non-ortho nitro benzene ring substituents is 1. The minimum Gasteiger partial charge on any atom is -0.493 e. The Morgan fingerprint density at radius 2 is 1.63 bits per heavy atom. The Balaban J connectivity index is 1.40. The SMILES string of the molecule is COc1cc([C@@H]2[C@H]3C(=O)N(c4ccc(Br)cc4)C(=O)[C@@H]3ON2c2cccc([N+](=O)[O-])c2)ccc1OC(=O)c1ccccc1. The number of nitrogens with zero attached hydrogens (tertiary/aromatic N) is 3. The fraction of sp³-hybridized carbons (Fsp3) is 0.129. The van der Waals surface area contributed by atoms with Crippen LogP contribution in [-0.4, -0.2) is 35.9 Å². The number of rotatable bonds is 7. The molecular weight excluding hydrogens is 622 g/mol. The smallest absolute Gasteiger partial charge is 0.343 e. The summed E-state index contributed by atoms with van der Waals surface area (Å²) in [4.78, 5) is 58.4. The van der Waals surface area contributed by atoms with E-state index in [-0.39, 0.29) is 22.9 Å². The number of methoxy groups -OCH3 is 1. The minimum absolute atomic E-state index is 0.141. The van der Waals surface area contributed by atoms with Gasteiger partial charge < -0.3 is 9.47 Å². The van der Waals surface area contributed by atoms with E-state index < -0.39 is 40.8 Å². The van der Waals surface area contributed by atoms with Gasteiger partial charge in [0.25, 0.3) is 11.6 Å². The molecule has 0 bridgehead atoms. The van der Waals surface area contributed by atoms with Gasteiger partial charge in [0.2, 0.25) is 5.91 Å². The molecule has 0 radical (unpaired) electrons. The van der Waals surface area contributed by atoms with E-state index in [9.17, 15) is 24.5 Å². The maximum Gasteiger partial charge on any atom is 0.343 e. The number of nitro benzene ring substituents is 1. The highest BCUT2D eigenvalue weighted by molar-refractivity contribution is 9.10. The molecule has 0 unspecified atom stereocenters. The van der Waals surface area contributed by atoms with E-state index in [0.29, 0.717) is 16.8 Å². The number of anilines is 2. The Kier molecular flexibility index (Phi) is 7.38. The number of carbonyl (C=O) groups excluding carboxylic acids is 3. The fourth-order valence-corrected chi connectivity index (χ4v) is 5.52. The maximum absolute atomic E-state index is 13.9. The predicted molar refractivity (Wildman–Crippen MR) is 158 cm³/mol. The zero-order valence-corrected chi connectivity index (χ0v) is 24.0. The van der Waals surface area contributed by atoms with Crippen LogP contribution in [0.4, 0.5) is 17.1 Å². The lowest BCUT2D eigenvalue weighted by Crippen LogP contribution is -2.37. The van der Waals surface area contributed by atoms with Crippen LogP contribution in [0.5, 0.6) is 11.5 Å². The largest absolute Gasteiger partial charge is 0.493 e. The lowest BCUT2D eigenvalue weighted by Gasteiger charge is -2.29. The van der Waals surface area contributed by atoms with E-state index >= 15 is 0 Å². The molecule has 2 saturated heterocycles. The molecular formula is C31H22BrN3O8. The molecule has 0 saturated carbocycles. The molecule has 3 atom stereocenters. The number of hydrogen-bond acceptors (Lipinski definition) is 9. The first-order chi connectivity index (χ1) is 20.8. The van der Waals surface area contributed by atoms with Crippen LogP contribution in [0.1, 0.15) is 22.0 Å². The second-order valence-corrected chi connectivity index (χ2v) is 10.7. The number of esters is 1. The third-order valence-corrected chi connectivity index (χ3v) is 7.77. The first-order valence-corrected chi connectivity index (χ1v) is 13.8. The van der Waals surface area contributed by atoms with E-state index in [0.717, 1.165) is 9.37 Å². The van der Waals surface area contributed by atoms with E-state index in [1.807, 2.05) is 0 Å². The number of nitro groups is 1. The van der Waals surface area contributed by atoms with Crippen LogP contribution in [0.2, 0.25) is 0 Å². The van der Waals surface area contributed by atoms with Crippen molar-refractivity contribution in [3.8, 4) is 11.5 Å². The molecule has 2 fully saturated rings. The number of carbonyl (C=O) groups is 3. The van der Waals surface area contributed by atoms with Gasteiger partial charge in [0.15, 0.2) is 17.6 Å². The molecule has 2 aliphatic rings. The molecule has 0 spiro atoms. The van der Waals surface area contributed by atoms with Gasteiger partial charge in [-0.15, -0.1) is 0 Å². The number of ether oxygens (including phenoxy) is 2. The molecule has 0 aromatic heterocycles. The maximum atomic E-state index is 13.9. The summed E-state index contributed by atoms with van der Waals surface area (Å²) in [5, 5.41) is 12.9. The first-order valence-electron chi connectivity index (χ1n) is 13.1. The molecule has 0 aliphatic carbocycles. The van der Waals surface area contributed by atoms with E-state index in [1.165, 1.54) is 36.4 Å². The van der Waals surface area contributed by atoms with Crippen molar-refractivity contribution in [3.63, 3.8) is 0 Å². The molecule has 6 rings (SSSR count). The Labute approximate surface area is 253 Å². The van der Waals surface area contributed by atoms with Gasteiger partial charge in [0.1, 0.15) is 5.92 Å². The van der Waals surface area contributed by atoms with Crippen molar-refractivity contribution in [1.29, 1.82) is 0 Å². The van der Waals surface area contributed by atoms with Crippen LogP contribution < -0.4 is 19.4 Å². The molecule has 43 heavy (non-hydrogen) atoms. The van der Waals surface area contributed by atoms with E-state index in [1.54, 1.807) is 72.8 Å². The Bertz CT molecular complexity index is 1750. The summed E-state index contributed by atoms with van der Waals surface area (Å²) in [6.45, 7) is 0. The van der Waals surface area contributed by atoms with Gasteiger partial charge >= 0.3 is 5.97 Å². The minimum atomic E-state index is -1.19. The zero-order valence-electron chi connectivity index (χ0n) is 22.5. The summed E-state index contributed by atoms with van der Waals surface area (Å²) in [6, 6.07) is 24.8. The molecule has 11 nitrogen and oxygen atoms in total. The lowest BCUT2D eigenvalue weighted by atomic mass is 9.90. The Morgan fingerprint density at radius 1 is 0.884 bits per heavy atom. The number of fused-ring (bicyclic) bond motifs is 1. The van der Waals surface area contributed by atoms with Crippen molar-refractivity contribution in [2.45, 2.75) is 12.1 Å². The van der Waals surface area contributed by atoms with Crippen molar-refractivity contribution in [3.05, 3.63) is 123 Å². The number of imide groups is 1. The van der Waals surface area contributed by atoms with Crippen molar-refractivity contribution >= 4 is 50.8 Å². The second kappa shape index (κ2) is 11.3. The van der Waals surface area contributed by atoms with Crippen molar-refractivity contribution in [2.75, 3.05) is 17.1 Å². The second-order valence-electron chi connectivity index (χ2n) is 9.75. The van der Waals surface area contributed by atoms with Gasteiger partial charge in [-0.3, -0.25) is 24.5 Å². The molecule has 0 N–H and O–H groups in total. The summed E-state index contributed by atoms with van der Waals surface area (Å²) in [5.41, 5.74) is 1.32. The predicted octanol–water partition coefficient (Wildman–Crippen LogP) is 5.64. The molecule has 12 heteroatoms. The third kappa shape index (κ3) is 5.11. The van der Waals surface area contributed by atoms with Gasteiger partial charge in [-0.25, -0.2) is 14.8 Å². The average molecular weight is 644 g/mol. The summed E-state index contributed by atoms with van der Waals surface area (Å²) in [7, 11) is 1.41. The van der Waals surface area contributed by atoms with Gasteiger partial charge in [-0.05, 0) is 60.2 Å². The number of amides is 2.